The molecule has 2 heterocycles. The number of sulfonamides is 1. The van der Waals surface area contributed by atoms with Crippen LogP contribution in [0, 0.1) is 11.7 Å². The Morgan fingerprint density at radius 2 is 1.91 bits per heavy atom. The van der Waals surface area contributed by atoms with Gasteiger partial charge in [0.25, 0.3) is 0 Å². The van der Waals surface area contributed by atoms with Crippen LogP contribution in [0.25, 0.3) is 11.3 Å². The van der Waals surface area contributed by atoms with Crippen LogP contribution in [0.1, 0.15) is 42.4 Å². The van der Waals surface area contributed by atoms with Crippen LogP contribution in [0.15, 0.2) is 59.6 Å². The number of pyridine rings is 1. The van der Waals surface area contributed by atoms with Crippen LogP contribution < -0.4 is 10.0 Å². The van der Waals surface area contributed by atoms with Crippen molar-refractivity contribution in [2.75, 3.05) is 11.4 Å². The van der Waals surface area contributed by atoms with Crippen molar-refractivity contribution < 1.29 is 17.6 Å². The molecule has 0 unspecified atom stereocenters. The van der Waals surface area contributed by atoms with Crippen molar-refractivity contribution >= 4 is 21.6 Å². The Hall–Kier alpha value is -3.10. The lowest BCUT2D eigenvalue weighted by Gasteiger charge is -2.24. The molecule has 2 aliphatic rings. The van der Waals surface area contributed by atoms with Gasteiger partial charge in [-0.15, -0.1) is 0 Å². The number of aromatic nitrogens is 1. The third kappa shape index (κ3) is 3.63. The first-order valence-corrected chi connectivity index (χ1v) is 12.4. The third-order valence-electron chi connectivity index (χ3n) is 6.89. The highest BCUT2D eigenvalue weighted by atomic mass is 32.2. The van der Waals surface area contributed by atoms with Crippen LogP contribution in [0.2, 0.25) is 0 Å². The van der Waals surface area contributed by atoms with E-state index in [1.807, 2.05) is 38.1 Å². The summed E-state index contributed by atoms with van der Waals surface area (Å²) in [7, 11) is -4.25. The molecule has 3 aromatic rings. The van der Waals surface area contributed by atoms with Crippen molar-refractivity contribution in [1.82, 2.24) is 4.98 Å². The number of hydrogen-bond donors (Lipinski definition) is 1. The van der Waals surface area contributed by atoms with Crippen molar-refractivity contribution in [2.24, 2.45) is 11.1 Å². The first kappa shape index (κ1) is 21.7. The normalized spacial score (nSPS) is 21.7. The summed E-state index contributed by atoms with van der Waals surface area (Å²) in [5, 5.41) is 5.20. The molecule has 3 atom stereocenters. The molecular formula is C25H24FN3O3S. The average Bonchev–Trinajstić information content (AvgIpc) is 3.29. The minimum Gasteiger partial charge on any atom is -0.311 e. The van der Waals surface area contributed by atoms with Crippen molar-refractivity contribution in [3.63, 3.8) is 0 Å². The predicted molar refractivity (Wildman–Crippen MR) is 124 cm³/mol. The Labute approximate surface area is 192 Å². The second-order valence-corrected chi connectivity index (χ2v) is 10.5. The summed E-state index contributed by atoms with van der Waals surface area (Å²) in [6, 6.07) is 14.3. The summed E-state index contributed by atoms with van der Waals surface area (Å²) in [5.74, 6) is -1.37. The second kappa shape index (κ2) is 7.74. The van der Waals surface area contributed by atoms with Gasteiger partial charge in [-0.1, -0.05) is 32.0 Å². The number of nitrogens with two attached hydrogens (primary N) is 1. The first-order valence-electron chi connectivity index (χ1n) is 10.9. The van der Waals surface area contributed by atoms with Gasteiger partial charge in [0, 0.05) is 35.8 Å². The summed E-state index contributed by atoms with van der Waals surface area (Å²) in [6.45, 7) is 4.31. The van der Waals surface area contributed by atoms with E-state index in [1.165, 1.54) is 12.1 Å². The van der Waals surface area contributed by atoms with Crippen LogP contribution in [-0.4, -0.2) is 25.9 Å². The zero-order valence-electron chi connectivity index (χ0n) is 18.3. The van der Waals surface area contributed by atoms with Crippen molar-refractivity contribution in [2.45, 2.75) is 37.0 Å². The van der Waals surface area contributed by atoms with Gasteiger partial charge in [-0.05, 0) is 59.4 Å². The molecule has 1 aromatic heterocycles. The Morgan fingerprint density at radius 1 is 1.12 bits per heavy atom. The number of fused-ring (bicyclic) bond motifs is 2. The SMILES string of the molecule is C[C@H]1CN(C(=O)[C@H]2Cc3cc(-c4ccccn4)ccc3[C@@H]2C)c2cc(S(N)(=O)=O)c(F)cc21. The number of carbonyl (C=O) groups excluding carboxylic acids is 1. The lowest BCUT2D eigenvalue weighted by atomic mass is 9.93. The average molecular weight is 466 g/mol. The maximum absolute atomic E-state index is 14.4. The molecule has 0 spiro atoms. The minimum atomic E-state index is -4.25. The van der Waals surface area contributed by atoms with Gasteiger partial charge >= 0.3 is 0 Å². The lowest BCUT2D eigenvalue weighted by Crippen LogP contribution is -2.36. The number of halogens is 1. The van der Waals surface area contributed by atoms with E-state index in [9.17, 15) is 17.6 Å². The van der Waals surface area contributed by atoms with Gasteiger partial charge in [-0.3, -0.25) is 9.78 Å². The molecule has 1 aliphatic heterocycles. The van der Waals surface area contributed by atoms with Gasteiger partial charge in [0.05, 0.1) is 5.69 Å². The van der Waals surface area contributed by atoms with Crippen LogP contribution in [-0.2, 0) is 21.2 Å². The number of carbonyl (C=O) groups is 1. The highest BCUT2D eigenvalue weighted by Crippen LogP contribution is 2.44. The zero-order chi connectivity index (χ0) is 23.5. The number of hydrogen-bond acceptors (Lipinski definition) is 4. The van der Waals surface area contributed by atoms with Crippen LogP contribution in [0.4, 0.5) is 10.1 Å². The fourth-order valence-corrected chi connectivity index (χ4v) is 5.74. The summed E-state index contributed by atoms with van der Waals surface area (Å²) >= 11 is 0. The van der Waals surface area contributed by atoms with Crippen LogP contribution >= 0.6 is 0 Å². The van der Waals surface area contributed by atoms with E-state index in [1.54, 1.807) is 11.1 Å². The second-order valence-electron chi connectivity index (χ2n) is 8.96. The maximum Gasteiger partial charge on any atom is 0.241 e. The highest BCUT2D eigenvalue weighted by Gasteiger charge is 2.41. The van der Waals surface area contributed by atoms with E-state index >= 15 is 0 Å². The molecule has 2 N–H and O–H groups in total. The summed E-state index contributed by atoms with van der Waals surface area (Å²) in [5.41, 5.74) is 5.17. The van der Waals surface area contributed by atoms with Crippen molar-refractivity contribution in [1.29, 1.82) is 0 Å². The van der Waals surface area contributed by atoms with E-state index in [0.29, 0.717) is 24.2 Å². The first-order chi connectivity index (χ1) is 15.6. The Bertz CT molecular complexity index is 1380. The smallest absolute Gasteiger partial charge is 0.241 e. The van der Waals surface area contributed by atoms with Gasteiger partial charge in [0.15, 0.2) is 0 Å². The van der Waals surface area contributed by atoms with Gasteiger partial charge in [-0.25, -0.2) is 17.9 Å². The molecule has 8 heteroatoms. The molecule has 5 rings (SSSR count). The molecule has 0 radical (unpaired) electrons. The highest BCUT2D eigenvalue weighted by molar-refractivity contribution is 7.89. The van der Waals surface area contributed by atoms with E-state index in [-0.39, 0.29) is 23.7 Å². The largest absolute Gasteiger partial charge is 0.311 e. The monoisotopic (exact) mass is 465 g/mol. The van der Waals surface area contributed by atoms with Crippen molar-refractivity contribution in [3.05, 3.63) is 77.2 Å². The molecule has 1 amide bonds. The summed E-state index contributed by atoms with van der Waals surface area (Å²) < 4.78 is 38.1. The Balaban J connectivity index is 1.47. The van der Waals surface area contributed by atoms with Crippen molar-refractivity contribution in [3.8, 4) is 11.3 Å². The minimum absolute atomic E-state index is 0.00259. The standard InChI is InChI=1S/C25H24FN3O3S/c1-14-13-29(23-12-24(33(27,31)32)21(26)11-19(14)23)25(30)20-10-17-9-16(6-7-18(17)15(20)2)22-5-3-4-8-28-22/h3-9,11-12,14-15,20H,10,13H2,1-2H3,(H2,27,31,32)/t14-,15-,20-/m0/s1. The summed E-state index contributed by atoms with van der Waals surface area (Å²) in [6.07, 6.45) is 2.33. The van der Waals surface area contributed by atoms with Crippen LogP contribution in [0.3, 0.4) is 0 Å². The van der Waals surface area contributed by atoms with E-state index in [2.05, 4.69) is 17.1 Å². The Morgan fingerprint density at radius 3 is 2.61 bits per heavy atom. The molecule has 1 aliphatic carbocycles. The van der Waals surface area contributed by atoms with Crippen LogP contribution in [0.5, 0.6) is 0 Å². The van der Waals surface area contributed by atoms with Gasteiger partial charge in [0.2, 0.25) is 15.9 Å². The number of rotatable bonds is 3. The van der Waals surface area contributed by atoms with E-state index in [4.69, 9.17) is 5.14 Å². The summed E-state index contributed by atoms with van der Waals surface area (Å²) in [4.78, 5) is 19.1. The zero-order valence-corrected chi connectivity index (χ0v) is 19.1. The molecule has 0 saturated heterocycles. The number of primary sulfonamides is 1. The van der Waals surface area contributed by atoms with Gasteiger partial charge < -0.3 is 4.90 Å². The van der Waals surface area contributed by atoms with Gasteiger partial charge in [0.1, 0.15) is 10.7 Å². The quantitative estimate of drug-likeness (QED) is 0.634. The molecule has 0 fully saturated rings. The predicted octanol–water partition coefficient (Wildman–Crippen LogP) is 3.96. The molecule has 33 heavy (non-hydrogen) atoms. The number of nitrogens with zero attached hydrogens (tertiary/aromatic N) is 2. The maximum atomic E-state index is 14.4. The Kier molecular flexibility index (Phi) is 5.10. The van der Waals surface area contributed by atoms with E-state index in [0.717, 1.165) is 22.4 Å². The molecule has 0 bridgehead atoms. The van der Waals surface area contributed by atoms with E-state index < -0.39 is 20.7 Å². The third-order valence-corrected chi connectivity index (χ3v) is 7.81. The number of anilines is 1. The number of amides is 1. The fourth-order valence-electron chi connectivity index (χ4n) is 5.14. The lowest BCUT2D eigenvalue weighted by molar-refractivity contribution is -0.122. The molecule has 170 valence electrons. The van der Waals surface area contributed by atoms with Gasteiger partial charge in [-0.2, -0.15) is 0 Å². The molecular weight excluding hydrogens is 441 g/mol. The topological polar surface area (TPSA) is 93.4 Å². The molecule has 2 aromatic carbocycles. The fraction of sp³-hybridized carbons (Fsp3) is 0.280. The molecule has 6 nitrogen and oxygen atoms in total. The molecule has 0 saturated carbocycles. The number of benzene rings is 2.